The average Bonchev–Trinajstić information content (AvgIpc) is 2.37. The molecule has 19 heavy (non-hydrogen) atoms. The minimum atomic E-state index is 0.0335. The van der Waals surface area contributed by atoms with Gasteiger partial charge in [-0.1, -0.05) is 19.1 Å². The number of carbonyl (C=O) groups is 1. The predicted molar refractivity (Wildman–Crippen MR) is 81.3 cm³/mol. The van der Waals surface area contributed by atoms with Gasteiger partial charge in [0, 0.05) is 32.4 Å². The molecular formula is C13H20N4OS. The molecule has 6 heteroatoms. The molecule has 0 bridgehead atoms. The van der Waals surface area contributed by atoms with Crippen LogP contribution < -0.4 is 10.6 Å². The van der Waals surface area contributed by atoms with E-state index in [1.807, 2.05) is 4.90 Å². The highest BCUT2D eigenvalue weighted by atomic mass is 32.1. The van der Waals surface area contributed by atoms with E-state index in [1.54, 1.807) is 37.5 Å². The number of hydrogen-bond donors (Lipinski definition) is 1. The third kappa shape index (κ3) is 4.17. The smallest absolute Gasteiger partial charge is 0.241 e. The van der Waals surface area contributed by atoms with Crippen molar-refractivity contribution in [1.82, 2.24) is 9.88 Å². The lowest BCUT2D eigenvalue weighted by Crippen LogP contribution is -2.38. The summed E-state index contributed by atoms with van der Waals surface area (Å²) in [5.41, 5.74) is 7.29. The van der Waals surface area contributed by atoms with Gasteiger partial charge in [-0.2, -0.15) is 0 Å². The molecule has 1 aromatic rings. The van der Waals surface area contributed by atoms with Gasteiger partial charge in [0.05, 0.1) is 18.4 Å². The maximum Gasteiger partial charge on any atom is 0.241 e. The first kappa shape index (κ1) is 15.4. The molecule has 0 aromatic carbocycles. The first-order valence-electron chi connectivity index (χ1n) is 6.16. The fraction of sp³-hybridized carbons (Fsp3) is 0.462. The second-order valence-electron chi connectivity index (χ2n) is 4.47. The van der Waals surface area contributed by atoms with Gasteiger partial charge in [-0.3, -0.25) is 9.78 Å². The van der Waals surface area contributed by atoms with Gasteiger partial charge in [0.15, 0.2) is 0 Å². The molecule has 1 rings (SSSR count). The van der Waals surface area contributed by atoms with Crippen molar-refractivity contribution < 1.29 is 4.79 Å². The second-order valence-corrected chi connectivity index (χ2v) is 4.91. The number of anilines is 1. The maximum atomic E-state index is 11.9. The number of rotatable bonds is 6. The Morgan fingerprint density at radius 2 is 2.16 bits per heavy atom. The van der Waals surface area contributed by atoms with Gasteiger partial charge in [0.2, 0.25) is 5.91 Å². The number of carbonyl (C=O) groups excluding carboxylic acids is 1. The van der Waals surface area contributed by atoms with Crippen molar-refractivity contribution in [3.63, 3.8) is 0 Å². The highest BCUT2D eigenvalue weighted by Gasteiger charge is 2.16. The quantitative estimate of drug-likeness (QED) is 0.788. The fourth-order valence-electron chi connectivity index (χ4n) is 1.71. The molecule has 0 unspecified atom stereocenters. The van der Waals surface area contributed by atoms with E-state index in [-0.39, 0.29) is 5.91 Å². The molecule has 0 atom stereocenters. The van der Waals surface area contributed by atoms with E-state index >= 15 is 0 Å². The normalized spacial score (nSPS) is 10.1. The van der Waals surface area contributed by atoms with Gasteiger partial charge in [-0.15, -0.1) is 0 Å². The van der Waals surface area contributed by atoms with Gasteiger partial charge < -0.3 is 15.5 Å². The summed E-state index contributed by atoms with van der Waals surface area (Å²) in [5.74, 6) is 0.0335. The molecule has 104 valence electrons. The van der Waals surface area contributed by atoms with Crippen molar-refractivity contribution in [2.24, 2.45) is 5.73 Å². The average molecular weight is 280 g/mol. The Hall–Kier alpha value is -1.69. The van der Waals surface area contributed by atoms with Crippen LogP contribution in [0.25, 0.3) is 0 Å². The lowest BCUT2D eigenvalue weighted by Gasteiger charge is -2.26. The summed E-state index contributed by atoms with van der Waals surface area (Å²) in [6, 6.07) is 1.78. The number of thiocarbonyl (C=S) groups is 1. The molecule has 1 heterocycles. The van der Waals surface area contributed by atoms with E-state index in [4.69, 9.17) is 18.0 Å². The summed E-state index contributed by atoms with van der Waals surface area (Å²) in [6.45, 7) is 3.10. The lowest BCUT2D eigenvalue weighted by atomic mass is 10.2. The molecule has 5 nitrogen and oxygen atoms in total. The SMILES string of the molecule is CCCN(CC(=O)N(C)C)c1cnccc1C(N)=S. The monoisotopic (exact) mass is 280 g/mol. The topological polar surface area (TPSA) is 62.5 Å². The number of pyridine rings is 1. The molecule has 2 N–H and O–H groups in total. The molecular weight excluding hydrogens is 260 g/mol. The van der Waals surface area contributed by atoms with Crippen LogP contribution >= 0.6 is 12.2 Å². The largest absolute Gasteiger partial charge is 0.389 e. The molecule has 0 fully saturated rings. The Morgan fingerprint density at radius 3 is 2.68 bits per heavy atom. The minimum absolute atomic E-state index is 0.0335. The van der Waals surface area contributed by atoms with E-state index in [1.165, 1.54) is 0 Å². The number of likely N-dealkylation sites (N-methyl/N-ethyl adjacent to an activating group) is 1. The zero-order valence-corrected chi connectivity index (χ0v) is 12.4. The molecule has 0 spiro atoms. The van der Waals surface area contributed by atoms with Crippen molar-refractivity contribution in [3.05, 3.63) is 24.0 Å². The van der Waals surface area contributed by atoms with Crippen molar-refractivity contribution in [2.75, 3.05) is 32.1 Å². The van der Waals surface area contributed by atoms with E-state index in [9.17, 15) is 4.79 Å². The van der Waals surface area contributed by atoms with Crippen LogP contribution in [0, 0.1) is 0 Å². The van der Waals surface area contributed by atoms with E-state index in [2.05, 4.69) is 11.9 Å². The summed E-state index contributed by atoms with van der Waals surface area (Å²) in [5, 5.41) is 0. The number of nitrogens with zero attached hydrogens (tertiary/aromatic N) is 3. The van der Waals surface area contributed by atoms with Gasteiger partial charge in [-0.05, 0) is 12.5 Å². The second kappa shape index (κ2) is 7.04. The number of hydrogen-bond acceptors (Lipinski definition) is 4. The van der Waals surface area contributed by atoms with Crippen molar-refractivity contribution in [2.45, 2.75) is 13.3 Å². The van der Waals surface area contributed by atoms with Gasteiger partial charge in [-0.25, -0.2) is 0 Å². The first-order valence-corrected chi connectivity index (χ1v) is 6.57. The van der Waals surface area contributed by atoms with Gasteiger partial charge in [0.25, 0.3) is 0 Å². The van der Waals surface area contributed by atoms with Crippen molar-refractivity contribution in [1.29, 1.82) is 0 Å². The fourth-order valence-corrected chi connectivity index (χ4v) is 1.88. The van der Waals surface area contributed by atoms with Crippen LogP contribution in [0.2, 0.25) is 0 Å². The zero-order valence-electron chi connectivity index (χ0n) is 11.6. The van der Waals surface area contributed by atoms with Crippen LogP contribution in [0.5, 0.6) is 0 Å². The van der Waals surface area contributed by atoms with E-state index in [0.717, 1.165) is 24.2 Å². The summed E-state index contributed by atoms with van der Waals surface area (Å²) in [6.07, 6.45) is 4.27. The van der Waals surface area contributed by atoms with Crippen LogP contribution in [-0.4, -0.2) is 48.0 Å². The summed E-state index contributed by atoms with van der Waals surface area (Å²) in [4.78, 5) is 19.8. The van der Waals surface area contributed by atoms with Crippen molar-refractivity contribution >= 4 is 28.8 Å². The molecule has 0 aliphatic carbocycles. The Kier molecular flexibility index (Phi) is 5.69. The third-order valence-electron chi connectivity index (χ3n) is 2.72. The molecule has 0 saturated carbocycles. The van der Waals surface area contributed by atoms with E-state index in [0.29, 0.717) is 11.5 Å². The predicted octanol–water partition coefficient (Wildman–Crippen LogP) is 1.02. The molecule has 0 aliphatic rings. The molecule has 0 saturated heterocycles. The van der Waals surface area contributed by atoms with Crippen LogP contribution in [0.15, 0.2) is 18.5 Å². The number of nitrogens with two attached hydrogens (primary N) is 1. The zero-order chi connectivity index (χ0) is 14.4. The highest BCUT2D eigenvalue weighted by Crippen LogP contribution is 2.19. The number of amides is 1. The van der Waals surface area contributed by atoms with Crippen LogP contribution in [-0.2, 0) is 4.79 Å². The molecule has 1 amide bonds. The van der Waals surface area contributed by atoms with E-state index < -0.39 is 0 Å². The molecule has 0 aliphatic heterocycles. The lowest BCUT2D eigenvalue weighted by molar-refractivity contribution is -0.127. The molecule has 0 radical (unpaired) electrons. The summed E-state index contributed by atoms with van der Waals surface area (Å²) >= 11 is 5.05. The van der Waals surface area contributed by atoms with Crippen LogP contribution in [0.4, 0.5) is 5.69 Å². The van der Waals surface area contributed by atoms with Crippen LogP contribution in [0.1, 0.15) is 18.9 Å². The van der Waals surface area contributed by atoms with Crippen molar-refractivity contribution in [3.8, 4) is 0 Å². The highest BCUT2D eigenvalue weighted by molar-refractivity contribution is 7.80. The Bertz CT molecular complexity index is 462. The minimum Gasteiger partial charge on any atom is -0.389 e. The molecule has 1 aromatic heterocycles. The van der Waals surface area contributed by atoms with Gasteiger partial charge >= 0.3 is 0 Å². The standard InChI is InChI=1S/C13H20N4OS/c1-4-7-17(9-12(18)16(2)3)11-8-15-6-5-10(11)13(14)19/h5-6,8H,4,7,9H2,1-3H3,(H2,14,19). The first-order chi connectivity index (χ1) is 8.97. The Balaban J connectivity index is 3.05. The van der Waals surface area contributed by atoms with Gasteiger partial charge in [0.1, 0.15) is 4.99 Å². The van der Waals surface area contributed by atoms with Crippen LogP contribution in [0.3, 0.4) is 0 Å². The summed E-state index contributed by atoms with van der Waals surface area (Å²) < 4.78 is 0. The third-order valence-corrected chi connectivity index (χ3v) is 2.94. The summed E-state index contributed by atoms with van der Waals surface area (Å²) in [7, 11) is 3.48. The number of aromatic nitrogens is 1. The Labute approximate surface area is 119 Å². The Morgan fingerprint density at radius 1 is 1.47 bits per heavy atom. The maximum absolute atomic E-state index is 11.9.